The normalized spacial score (nSPS) is 18.3. The highest BCUT2D eigenvalue weighted by Crippen LogP contribution is 2.31. The summed E-state index contributed by atoms with van der Waals surface area (Å²) >= 11 is 0. The molecule has 1 aliphatic heterocycles. The first-order valence-electron chi connectivity index (χ1n) is 9.47. The van der Waals surface area contributed by atoms with E-state index in [-0.39, 0.29) is 11.9 Å². The molecule has 6 nitrogen and oxygen atoms in total. The minimum atomic E-state index is -0.0169. The van der Waals surface area contributed by atoms with Crippen molar-refractivity contribution in [2.45, 2.75) is 25.3 Å². The minimum absolute atomic E-state index is 0.0169. The highest BCUT2D eigenvalue weighted by Gasteiger charge is 2.34. The maximum absolute atomic E-state index is 12.6. The van der Waals surface area contributed by atoms with Gasteiger partial charge >= 0.3 is 0 Å². The van der Waals surface area contributed by atoms with E-state index in [4.69, 9.17) is 14.7 Å². The van der Waals surface area contributed by atoms with Crippen LogP contribution >= 0.6 is 0 Å². The van der Waals surface area contributed by atoms with E-state index in [1.54, 1.807) is 14.2 Å². The molecule has 2 N–H and O–H groups in total. The molecular formula is C22H26N3O3+. The van der Waals surface area contributed by atoms with Gasteiger partial charge in [0.2, 0.25) is 0 Å². The summed E-state index contributed by atoms with van der Waals surface area (Å²) in [4.78, 5) is 13.8. The van der Waals surface area contributed by atoms with Crippen LogP contribution in [0.5, 0.6) is 11.5 Å². The quantitative estimate of drug-likeness (QED) is 0.772. The van der Waals surface area contributed by atoms with Crippen molar-refractivity contribution in [1.29, 1.82) is 5.26 Å². The van der Waals surface area contributed by atoms with Crippen LogP contribution in [-0.2, 0) is 11.2 Å². The Kier molecular flexibility index (Phi) is 6.51. The van der Waals surface area contributed by atoms with Gasteiger partial charge in [-0.2, -0.15) is 5.26 Å². The molecule has 0 bridgehead atoms. The van der Waals surface area contributed by atoms with Gasteiger partial charge in [0.15, 0.2) is 6.54 Å². The number of benzene rings is 2. The second-order valence-corrected chi connectivity index (χ2v) is 6.97. The number of ether oxygens (including phenoxy) is 2. The van der Waals surface area contributed by atoms with E-state index in [9.17, 15) is 4.79 Å². The van der Waals surface area contributed by atoms with Gasteiger partial charge in [0, 0.05) is 18.5 Å². The van der Waals surface area contributed by atoms with Crippen LogP contribution in [0, 0.1) is 11.3 Å². The maximum atomic E-state index is 12.6. The van der Waals surface area contributed by atoms with Crippen molar-refractivity contribution in [2.75, 3.05) is 32.6 Å². The topological polar surface area (TPSA) is 75.8 Å². The summed E-state index contributed by atoms with van der Waals surface area (Å²) in [6.07, 6.45) is 2.45. The fraction of sp³-hybridized carbons (Fsp3) is 0.364. The summed E-state index contributed by atoms with van der Waals surface area (Å²) in [5.41, 5.74) is 2.78. The van der Waals surface area contributed by atoms with Crippen LogP contribution in [0.4, 0.5) is 5.69 Å². The Morgan fingerprint density at radius 3 is 2.68 bits per heavy atom. The van der Waals surface area contributed by atoms with E-state index >= 15 is 0 Å². The molecule has 0 aliphatic carbocycles. The van der Waals surface area contributed by atoms with E-state index in [1.165, 1.54) is 4.90 Å². The third-order valence-electron chi connectivity index (χ3n) is 5.20. The van der Waals surface area contributed by atoms with Crippen LogP contribution in [0.1, 0.15) is 30.0 Å². The minimum Gasteiger partial charge on any atom is -0.497 e. The van der Waals surface area contributed by atoms with Crippen molar-refractivity contribution in [2.24, 2.45) is 0 Å². The number of anilines is 1. The Balaban J connectivity index is 1.68. The van der Waals surface area contributed by atoms with Crippen LogP contribution < -0.4 is 19.7 Å². The molecule has 2 atom stereocenters. The molecule has 0 radical (unpaired) electrons. The van der Waals surface area contributed by atoms with Crippen molar-refractivity contribution >= 4 is 11.6 Å². The standard InChI is InChI=1S/C22H25N3O3/c1-27-18-9-10-21(28-2)19(14-18)20-4-3-13-25(20)15-22(26)24-17-7-5-16(6-8-17)11-12-23/h5-10,14,20H,3-4,11,13,15H2,1-2H3,(H,24,26)/p+1/t20-/m1/s1. The number of rotatable bonds is 7. The molecule has 1 amide bonds. The number of nitriles is 1. The van der Waals surface area contributed by atoms with Crippen LogP contribution in [0.25, 0.3) is 0 Å². The molecule has 1 aliphatic rings. The Morgan fingerprint density at radius 1 is 1.21 bits per heavy atom. The lowest BCUT2D eigenvalue weighted by atomic mass is 10.0. The number of methoxy groups -OCH3 is 2. The molecule has 3 rings (SSSR count). The number of carbonyl (C=O) groups excluding carboxylic acids is 1. The Labute approximate surface area is 165 Å². The van der Waals surface area contributed by atoms with Crippen LogP contribution in [-0.4, -0.2) is 33.2 Å². The van der Waals surface area contributed by atoms with Gasteiger partial charge in [-0.15, -0.1) is 0 Å². The Hall–Kier alpha value is -3.04. The second-order valence-electron chi connectivity index (χ2n) is 6.97. The number of hydrogen-bond donors (Lipinski definition) is 2. The number of hydrogen-bond acceptors (Lipinski definition) is 4. The van der Waals surface area contributed by atoms with Gasteiger partial charge in [-0.25, -0.2) is 0 Å². The molecule has 0 spiro atoms. The van der Waals surface area contributed by atoms with E-state index in [2.05, 4.69) is 11.4 Å². The number of likely N-dealkylation sites (tertiary alicyclic amines) is 1. The Bertz CT molecular complexity index is 858. The molecular weight excluding hydrogens is 354 g/mol. The molecule has 2 aromatic carbocycles. The molecule has 146 valence electrons. The largest absolute Gasteiger partial charge is 0.497 e. The highest BCUT2D eigenvalue weighted by atomic mass is 16.5. The van der Waals surface area contributed by atoms with Crippen molar-refractivity contribution in [1.82, 2.24) is 0 Å². The van der Waals surface area contributed by atoms with Gasteiger partial charge in [-0.05, 0) is 35.9 Å². The van der Waals surface area contributed by atoms with Gasteiger partial charge in [-0.1, -0.05) is 12.1 Å². The third-order valence-corrected chi connectivity index (χ3v) is 5.20. The number of carbonyl (C=O) groups is 1. The van der Waals surface area contributed by atoms with Gasteiger partial charge in [0.1, 0.15) is 17.5 Å². The fourth-order valence-corrected chi connectivity index (χ4v) is 3.82. The van der Waals surface area contributed by atoms with Crippen molar-refractivity contribution in [3.8, 4) is 17.6 Å². The lowest BCUT2D eigenvalue weighted by Gasteiger charge is -2.23. The molecule has 28 heavy (non-hydrogen) atoms. The van der Waals surface area contributed by atoms with Gasteiger partial charge in [0.05, 0.1) is 38.8 Å². The summed E-state index contributed by atoms with van der Waals surface area (Å²) in [7, 11) is 3.32. The van der Waals surface area contributed by atoms with E-state index in [0.29, 0.717) is 13.0 Å². The van der Waals surface area contributed by atoms with Gasteiger partial charge in [-0.3, -0.25) is 4.79 Å². The van der Waals surface area contributed by atoms with Crippen molar-refractivity contribution in [3.63, 3.8) is 0 Å². The molecule has 2 aromatic rings. The first-order chi connectivity index (χ1) is 13.6. The summed E-state index contributed by atoms with van der Waals surface area (Å²) in [5.74, 6) is 1.61. The van der Waals surface area contributed by atoms with E-state index in [0.717, 1.165) is 47.7 Å². The molecule has 1 fully saturated rings. The molecule has 1 unspecified atom stereocenters. The van der Waals surface area contributed by atoms with E-state index in [1.807, 2.05) is 42.5 Å². The van der Waals surface area contributed by atoms with Gasteiger partial charge in [0.25, 0.3) is 5.91 Å². The van der Waals surface area contributed by atoms with E-state index < -0.39 is 0 Å². The highest BCUT2D eigenvalue weighted by molar-refractivity contribution is 5.91. The molecule has 1 saturated heterocycles. The Morgan fingerprint density at radius 2 is 2.00 bits per heavy atom. The molecule has 0 aromatic heterocycles. The lowest BCUT2D eigenvalue weighted by molar-refractivity contribution is -0.910. The number of amides is 1. The van der Waals surface area contributed by atoms with Crippen LogP contribution in [0.15, 0.2) is 42.5 Å². The average molecular weight is 380 g/mol. The summed E-state index contributed by atoms with van der Waals surface area (Å²) in [6, 6.07) is 15.6. The first-order valence-corrected chi connectivity index (χ1v) is 9.47. The average Bonchev–Trinajstić information content (AvgIpc) is 3.16. The van der Waals surface area contributed by atoms with Gasteiger partial charge < -0.3 is 19.7 Å². The van der Waals surface area contributed by atoms with Crippen LogP contribution in [0.3, 0.4) is 0 Å². The lowest BCUT2D eigenvalue weighted by Crippen LogP contribution is -3.11. The zero-order valence-electron chi connectivity index (χ0n) is 16.3. The fourth-order valence-electron chi connectivity index (χ4n) is 3.82. The monoisotopic (exact) mass is 380 g/mol. The maximum Gasteiger partial charge on any atom is 0.279 e. The zero-order chi connectivity index (χ0) is 19.9. The second kappa shape index (κ2) is 9.25. The van der Waals surface area contributed by atoms with Crippen LogP contribution in [0.2, 0.25) is 0 Å². The number of nitrogens with zero attached hydrogens (tertiary/aromatic N) is 1. The molecule has 6 heteroatoms. The van der Waals surface area contributed by atoms with Crippen molar-refractivity contribution < 1.29 is 19.2 Å². The predicted octanol–water partition coefficient (Wildman–Crippen LogP) is 2.13. The molecule has 0 saturated carbocycles. The first kappa shape index (κ1) is 19.7. The predicted molar refractivity (Wildman–Crippen MR) is 107 cm³/mol. The summed E-state index contributed by atoms with van der Waals surface area (Å²) < 4.78 is 10.9. The SMILES string of the molecule is COc1ccc(OC)c([C@H]2CCC[NH+]2CC(=O)Nc2ccc(CC#N)cc2)c1. The molecule has 1 heterocycles. The number of nitrogens with one attached hydrogen (secondary N) is 2. The van der Waals surface area contributed by atoms with Crippen molar-refractivity contribution in [3.05, 3.63) is 53.6 Å². The third kappa shape index (κ3) is 4.62. The summed E-state index contributed by atoms with van der Waals surface area (Å²) in [5, 5.41) is 11.7. The smallest absolute Gasteiger partial charge is 0.279 e. The number of quaternary nitrogens is 1. The zero-order valence-corrected chi connectivity index (χ0v) is 16.3. The summed E-state index contributed by atoms with van der Waals surface area (Å²) in [6.45, 7) is 1.34.